The Balaban J connectivity index is 2.08. The predicted octanol–water partition coefficient (Wildman–Crippen LogP) is 2.19. The van der Waals surface area contributed by atoms with Gasteiger partial charge in [-0.1, -0.05) is 0 Å². The van der Waals surface area contributed by atoms with Crippen LogP contribution in [0.1, 0.15) is 12.8 Å². The summed E-state index contributed by atoms with van der Waals surface area (Å²) in [5.74, 6) is 0.478. The second kappa shape index (κ2) is 5.10. The van der Waals surface area contributed by atoms with Gasteiger partial charge in [0.25, 0.3) is 0 Å². The SMILES string of the molecule is OCC1CCN(c2ncc(Br)cc2F)CC1. The number of rotatable bonds is 2. The zero-order chi connectivity index (χ0) is 11.5. The first-order valence-electron chi connectivity index (χ1n) is 5.37. The second-order valence-electron chi connectivity index (χ2n) is 4.07. The predicted molar refractivity (Wildman–Crippen MR) is 63.9 cm³/mol. The number of nitrogens with zero attached hydrogens (tertiary/aromatic N) is 2. The van der Waals surface area contributed by atoms with Gasteiger partial charge in [0.1, 0.15) is 0 Å². The van der Waals surface area contributed by atoms with Crippen LogP contribution in [0, 0.1) is 11.7 Å². The minimum absolute atomic E-state index is 0.226. The molecule has 1 N–H and O–H groups in total. The summed E-state index contributed by atoms with van der Waals surface area (Å²) in [5, 5.41) is 9.02. The average Bonchev–Trinajstić information content (AvgIpc) is 2.29. The van der Waals surface area contributed by atoms with Crippen molar-refractivity contribution >= 4 is 21.7 Å². The molecular formula is C11H14BrFN2O. The summed E-state index contributed by atoms with van der Waals surface area (Å²) in [4.78, 5) is 6.03. The molecule has 5 heteroatoms. The molecule has 2 rings (SSSR count). The van der Waals surface area contributed by atoms with Gasteiger partial charge in [-0.15, -0.1) is 0 Å². The summed E-state index contributed by atoms with van der Waals surface area (Å²) in [5.41, 5.74) is 0. The fourth-order valence-electron chi connectivity index (χ4n) is 1.97. The molecule has 0 radical (unpaired) electrons. The molecule has 0 aliphatic carbocycles. The van der Waals surface area contributed by atoms with Crippen molar-refractivity contribution in [2.24, 2.45) is 5.92 Å². The van der Waals surface area contributed by atoms with Crippen LogP contribution in [0.4, 0.5) is 10.2 Å². The molecule has 3 nitrogen and oxygen atoms in total. The number of aliphatic hydroxyl groups is 1. The first-order chi connectivity index (χ1) is 7.70. The van der Waals surface area contributed by atoms with Crippen molar-refractivity contribution in [1.29, 1.82) is 0 Å². The van der Waals surface area contributed by atoms with Gasteiger partial charge in [-0.3, -0.25) is 0 Å². The van der Waals surface area contributed by atoms with Crippen LogP contribution in [-0.2, 0) is 0 Å². The van der Waals surface area contributed by atoms with E-state index in [0.29, 0.717) is 16.2 Å². The molecule has 1 aromatic heterocycles. The van der Waals surface area contributed by atoms with Gasteiger partial charge >= 0.3 is 0 Å². The van der Waals surface area contributed by atoms with E-state index in [1.165, 1.54) is 6.07 Å². The van der Waals surface area contributed by atoms with Crippen LogP contribution in [-0.4, -0.2) is 29.8 Å². The van der Waals surface area contributed by atoms with Gasteiger partial charge in [-0.2, -0.15) is 0 Å². The molecule has 1 aromatic rings. The summed E-state index contributed by atoms with van der Waals surface area (Å²) in [6, 6.07) is 1.43. The minimum atomic E-state index is -0.295. The van der Waals surface area contributed by atoms with Crippen molar-refractivity contribution in [3.63, 3.8) is 0 Å². The lowest BCUT2D eigenvalue weighted by Crippen LogP contribution is -2.35. The van der Waals surface area contributed by atoms with E-state index < -0.39 is 0 Å². The molecule has 0 amide bonds. The maximum atomic E-state index is 13.6. The molecule has 0 spiro atoms. The number of piperidine rings is 1. The Morgan fingerprint density at radius 2 is 2.19 bits per heavy atom. The van der Waals surface area contributed by atoms with E-state index in [-0.39, 0.29) is 12.4 Å². The Kier molecular flexibility index (Phi) is 3.76. The fraction of sp³-hybridized carbons (Fsp3) is 0.545. The standard InChI is InChI=1S/C11H14BrFN2O/c12-9-5-10(13)11(14-6-9)15-3-1-8(7-16)2-4-15/h5-6,8,16H,1-4,7H2. The number of anilines is 1. The lowest BCUT2D eigenvalue weighted by atomic mass is 9.98. The van der Waals surface area contributed by atoms with E-state index in [0.717, 1.165) is 25.9 Å². The molecular weight excluding hydrogens is 275 g/mol. The van der Waals surface area contributed by atoms with Crippen molar-refractivity contribution in [3.05, 3.63) is 22.6 Å². The molecule has 1 fully saturated rings. The third kappa shape index (κ3) is 2.52. The molecule has 0 bridgehead atoms. The van der Waals surface area contributed by atoms with E-state index in [2.05, 4.69) is 20.9 Å². The van der Waals surface area contributed by atoms with Gasteiger partial charge in [0.05, 0.1) is 0 Å². The summed E-state index contributed by atoms with van der Waals surface area (Å²) in [7, 11) is 0. The van der Waals surface area contributed by atoms with E-state index >= 15 is 0 Å². The second-order valence-corrected chi connectivity index (χ2v) is 4.99. The highest BCUT2D eigenvalue weighted by molar-refractivity contribution is 9.10. The van der Waals surface area contributed by atoms with Crippen molar-refractivity contribution in [2.75, 3.05) is 24.6 Å². The summed E-state index contributed by atoms with van der Waals surface area (Å²) >= 11 is 3.19. The smallest absolute Gasteiger partial charge is 0.166 e. The van der Waals surface area contributed by atoms with Gasteiger partial charge in [-0.05, 0) is 40.8 Å². The summed E-state index contributed by atoms with van der Waals surface area (Å²) < 4.78 is 14.3. The molecule has 0 saturated carbocycles. The highest BCUT2D eigenvalue weighted by atomic mass is 79.9. The number of aromatic nitrogens is 1. The number of hydrogen-bond donors (Lipinski definition) is 1. The summed E-state index contributed by atoms with van der Waals surface area (Å²) in [6.45, 7) is 1.75. The van der Waals surface area contributed by atoms with Crippen molar-refractivity contribution < 1.29 is 9.50 Å². The van der Waals surface area contributed by atoms with Crippen LogP contribution in [0.3, 0.4) is 0 Å². The van der Waals surface area contributed by atoms with E-state index in [1.807, 2.05) is 4.90 Å². The van der Waals surface area contributed by atoms with Crippen LogP contribution in [0.15, 0.2) is 16.7 Å². The minimum Gasteiger partial charge on any atom is -0.396 e. The topological polar surface area (TPSA) is 36.4 Å². The Hall–Kier alpha value is -0.680. The Morgan fingerprint density at radius 1 is 1.50 bits per heavy atom. The largest absolute Gasteiger partial charge is 0.396 e. The zero-order valence-corrected chi connectivity index (χ0v) is 10.5. The molecule has 0 atom stereocenters. The van der Waals surface area contributed by atoms with Crippen LogP contribution < -0.4 is 4.90 Å². The number of aliphatic hydroxyl groups excluding tert-OH is 1. The zero-order valence-electron chi connectivity index (χ0n) is 8.87. The molecule has 1 saturated heterocycles. The van der Waals surface area contributed by atoms with Crippen LogP contribution in [0.5, 0.6) is 0 Å². The molecule has 88 valence electrons. The van der Waals surface area contributed by atoms with E-state index in [4.69, 9.17) is 5.11 Å². The first kappa shape index (κ1) is 11.8. The lowest BCUT2D eigenvalue weighted by molar-refractivity contribution is 0.202. The highest BCUT2D eigenvalue weighted by Gasteiger charge is 2.21. The monoisotopic (exact) mass is 288 g/mol. The summed E-state index contributed by atoms with van der Waals surface area (Å²) in [6.07, 6.45) is 3.40. The number of pyridine rings is 1. The van der Waals surface area contributed by atoms with Gasteiger partial charge < -0.3 is 10.0 Å². The van der Waals surface area contributed by atoms with Gasteiger partial charge in [0, 0.05) is 30.4 Å². The molecule has 16 heavy (non-hydrogen) atoms. The van der Waals surface area contributed by atoms with E-state index in [1.54, 1.807) is 6.20 Å². The van der Waals surface area contributed by atoms with E-state index in [9.17, 15) is 4.39 Å². The number of halogens is 2. The molecule has 1 aliphatic rings. The normalized spacial score (nSPS) is 17.8. The van der Waals surface area contributed by atoms with Crippen LogP contribution >= 0.6 is 15.9 Å². The Bertz CT molecular complexity index is 367. The van der Waals surface area contributed by atoms with Gasteiger partial charge in [0.2, 0.25) is 0 Å². The number of hydrogen-bond acceptors (Lipinski definition) is 3. The Labute approximate surface area is 102 Å². The third-order valence-electron chi connectivity index (χ3n) is 2.96. The van der Waals surface area contributed by atoms with Crippen molar-refractivity contribution in [3.8, 4) is 0 Å². The maximum absolute atomic E-state index is 13.6. The fourth-order valence-corrected chi connectivity index (χ4v) is 2.27. The Morgan fingerprint density at radius 3 is 2.75 bits per heavy atom. The van der Waals surface area contributed by atoms with Crippen molar-refractivity contribution in [1.82, 2.24) is 4.98 Å². The van der Waals surface area contributed by atoms with Gasteiger partial charge in [0.15, 0.2) is 11.6 Å². The van der Waals surface area contributed by atoms with Crippen LogP contribution in [0.25, 0.3) is 0 Å². The van der Waals surface area contributed by atoms with Crippen molar-refractivity contribution in [2.45, 2.75) is 12.8 Å². The molecule has 2 heterocycles. The molecule has 1 aliphatic heterocycles. The molecule has 0 unspecified atom stereocenters. The third-order valence-corrected chi connectivity index (χ3v) is 3.39. The first-order valence-corrected chi connectivity index (χ1v) is 6.17. The van der Waals surface area contributed by atoms with Crippen LogP contribution in [0.2, 0.25) is 0 Å². The molecule has 0 aromatic carbocycles. The quantitative estimate of drug-likeness (QED) is 0.906. The highest BCUT2D eigenvalue weighted by Crippen LogP contribution is 2.25. The lowest BCUT2D eigenvalue weighted by Gasteiger charge is -2.32. The van der Waals surface area contributed by atoms with Gasteiger partial charge in [-0.25, -0.2) is 9.37 Å². The maximum Gasteiger partial charge on any atom is 0.166 e. The average molecular weight is 289 g/mol.